The second-order valence-corrected chi connectivity index (χ2v) is 6.55. The van der Waals surface area contributed by atoms with Gasteiger partial charge in [-0.3, -0.25) is 4.79 Å². The summed E-state index contributed by atoms with van der Waals surface area (Å²) in [6, 6.07) is 0. The van der Waals surface area contributed by atoms with Crippen molar-refractivity contribution in [1.82, 2.24) is 0 Å². The summed E-state index contributed by atoms with van der Waals surface area (Å²) in [5.74, 6) is 0. The van der Waals surface area contributed by atoms with Crippen LogP contribution in [0.5, 0.6) is 0 Å². The quantitative estimate of drug-likeness (QED) is 0.610. The van der Waals surface area contributed by atoms with Gasteiger partial charge < -0.3 is 10.2 Å². The van der Waals surface area contributed by atoms with Crippen LogP contribution in [0.25, 0.3) is 0 Å². The average molecular weight is 282 g/mol. The highest BCUT2D eigenvalue weighted by molar-refractivity contribution is 7.71. The summed E-state index contributed by atoms with van der Waals surface area (Å²) in [4.78, 5) is 14.0. The van der Waals surface area contributed by atoms with Crippen LogP contribution >= 0.6 is 12.2 Å². The van der Waals surface area contributed by atoms with Crippen molar-refractivity contribution >= 4 is 23.6 Å². The minimum atomic E-state index is 0.00709. The molecule has 0 fully saturated rings. The Morgan fingerprint density at radius 3 is 2.26 bits per heavy atom. The SMILES string of the molecule is CCN(CC)c1c(NCCCC(C)(C)C)c(=O)c1=S. The van der Waals surface area contributed by atoms with Gasteiger partial charge in [0.1, 0.15) is 10.2 Å². The molecule has 0 saturated heterocycles. The minimum Gasteiger partial charge on any atom is -0.380 e. The van der Waals surface area contributed by atoms with Gasteiger partial charge in [0.2, 0.25) is 5.43 Å². The number of anilines is 2. The first kappa shape index (κ1) is 16.2. The Morgan fingerprint density at radius 2 is 1.79 bits per heavy atom. The molecule has 1 rings (SSSR count). The van der Waals surface area contributed by atoms with Crippen LogP contribution in [0.3, 0.4) is 0 Å². The van der Waals surface area contributed by atoms with Crippen molar-refractivity contribution in [3.63, 3.8) is 0 Å². The van der Waals surface area contributed by atoms with E-state index < -0.39 is 0 Å². The maximum Gasteiger partial charge on any atom is 0.223 e. The van der Waals surface area contributed by atoms with Crippen molar-refractivity contribution in [3.8, 4) is 0 Å². The van der Waals surface area contributed by atoms with Crippen LogP contribution in [0.2, 0.25) is 0 Å². The fraction of sp³-hybridized carbons (Fsp3) is 0.733. The van der Waals surface area contributed by atoms with E-state index in [4.69, 9.17) is 12.2 Å². The lowest BCUT2D eigenvalue weighted by Gasteiger charge is -2.26. The summed E-state index contributed by atoms with van der Waals surface area (Å²) >= 11 is 5.16. The van der Waals surface area contributed by atoms with Crippen LogP contribution in [-0.4, -0.2) is 19.6 Å². The van der Waals surface area contributed by atoms with Gasteiger partial charge in [-0.15, -0.1) is 0 Å². The van der Waals surface area contributed by atoms with E-state index in [9.17, 15) is 4.79 Å². The first-order valence-corrected chi connectivity index (χ1v) is 7.54. The summed E-state index contributed by atoms with van der Waals surface area (Å²) in [6.07, 6.45) is 2.21. The molecule has 0 atom stereocenters. The number of hydrogen-bond donors (Lipinski definition) is 1. The second-order valence-electron chi connectivity index (χ2n) is 6.15. The summed E-state index contributed by atoms with van der Waals surface area (Å²) < 4.78 is 0.488. The highest BCUT2D eigenvalue weighted by atomic mass is 32.1. The molecule has 0 aliphatic carbocycles. The molecule has 0 saturated carbocycles. The van der Waals surface area contributed by atoms with E-state index in [1.54, 1.807) is 0 Å². The summed E-state index contributed by atoms with van der Waals surface area (Å²) in [5, 5.41) is 3.27. The molecule has 0 aliphatic rings. The van der Waals surface area contributed by atoms with Gasteiger partial charge in [0, 0.05) is 19.6 Å². The van der Waals surface area contributed by atoms with E-state index in [0.717, 1.165) is 43.9 Å². The van der Waals surface area contributed by atoms with Crippen molar-refractivity contribution in [1.29, 1.82) is 0 Å². The normalized spacial score (nSPS) is 11.8. The second kappa shape index (κ2) is 6.51. The Balaban J connectivity index is 2.62. The molecular weight excluding hydrogens is 256 g/mol. The number of rotatable bonds is 7. The van der Waals surface area contributed by atoms with Gasteiger partial charge >= 0.3 is 0 Å². The van der Waals surface area contributed by atoms with E-state index in [2.05, 4.69) is 44.8 Å². The third-order valence-corrected chi connectivity index (χ3v) is 3.75. The first-order chi connectivity index (χ1) is 8.81. The molecule has 0 amide bonds. The molecule has 0 spiro atoms. The van der Waals surface area contributed by atoms with Crippen LogP contribution in [0.1, 0.15) is 47.5 Å². The third kappa shape index (κ3) is 4.03. The van der Waals surface area contributed by atoms with Crippen molar-refractivity contribution in [2.24, 2.45) is 5.41 Å². The van der Waals surface area contributed by atoms with Crippen LogP contribution in [0, 0.1) is 9.93 Å². The molecule has 0 unspecified atom stereocenters. The number of hydrogen-bond acceptors (Lipinski definition) is 4. The van der Waals surface area contributed by atoms with E-state index in [-0.39, 0.29) is 5.43 Å². The average Bonchev–Trinajstić information content (AvgIpc) is 2.35. The smallest absolute Gasteiger partial charge is 0.223 e. The van der Waals surface area contributed by atoms with Gasteiger partial charge in [-0.25, -0.2) is 0 Å². The molecule has 4 heteroatoms. The zero-order valence-electron chi connectivity index (χ0n) is 12.8. The van der Waals surface area contributed by atoms with Gasteiger partial charge in [0.05, 0.1) is 5.69 Å². The fourth-order valence-corrected chi connectivity index (χ4v) is 2.55. The van der Waals surface area contributed by atoms with E-state index in [1.807, 2.05) is 0 Å². The monoisotopic (exact) mass is 282 g/mol. The number of nitrogens with one attached hydrogen (secondary N) is 1. The largest absolute Gasteiger partial charge is 0.380 e. The predicted octanol–water partition coefficient (Wildman–Crippen LogP) is 3.74. The van der Waals surface area contributed by atoms with Gasteiger partial charge in [-0.1, -0.05) is 33.0 Å². The van der Waals surface area contributed by atoms with Crippen LogP contribution in [-0.2, 0) is 0 Å². The van der Waals surface area contributed by atoms with Crippen LogP contribution in [0.4, 0.5) is 11.4 Å². The van der Waals surface area contributed by atoms with Crippen molar-refractivity contribution in [2.75, 3.05) is 29.9 Å². The Labute approximate surface area is 121 Å². The first-order valence-electron chi connectivity index (χ1n) is 7.14. The van der Waals surface area contributed by atoms with Gasteiger partial charge in [-0.2, -0.15) is 0 Å². The summed E-state index contributed by atoms with van der Waals surface area (Å²) in [6.45, 7) is 13.5. The Bertz CT molecular complexity index is 477. The topological polar surface area (TPSA) is 32.3 Å². The van der Waals surface area contributed by atoms with Crippen LogP contribution < -0.4 is 15.6 Å². The standard InChI is InChI=1S/C15H26N2OS/c1-6-17(7-2)12-11(13(18)14(12)19)16-10-8-9-15(3,4)5/h16H,6-10H2,1-5H3. The van der Waals surface area contributed by atoms with Crippen molar-refractivity contribution in [2.45, 2.75) is 47.5 Å². The van der Waals surface area contributed by atoms with Gasteiger partial charge in [-0.05, 0) is 32.1 Å². The van der Waals surface area contributed by atoms with Crippen LogP contribution in [0.15, 0.2) is 4.79 Å². The molecule has 0 aliphatic heterocycles. The molecule has 0 aromatic heterocycles. The number of nitrogens with zero attached hydrogens (tertiary/aromatic N) is 1. The fourth-order valence-electron chi connectivity index (χ4n) is 2.22. The van der Waals surface area contributed by atoms with E-state index >= 15 is 0 Å². The molecule has 0 heterocycles. The molecule has 19 heavy (non-hydrogen) atoms. The Kier molecular flexibility index (Phi) is 5.53. The van der Waals surface area contributed by atoms with Crippen molar-refractivity contribution in [3.05, 3.63) is 14.7 Å². The molecule has 1 N–H and O–H groups in total. The molecule has 0 bridgehead atoms. The lowest BCUT2D eigenvalue weighted by molar-refractivity contribution is 0.370. The minimum absolute atomic E-state index is 0.00709. The predicted molar refractivity (Wildman–Crippen MR) is 86.7 cm³/mol. The van der Waals surface area contributed by atoms with Crippen molar-refractivity contribution < 1.29 is 0 Å². The zero-order valence-corrected chi connectivity index (χ0v) is 13.6. The molecule has 0 radical (unpaired) electrons. The van der Waals surface area contributed by atoms with E-state index in [0.29, 0.717) is 9.93 Å². The van der Waals surface area contributed by atoms with Gasteiger partial charge in [0.25, 0.3) is 0 Å². The Hall–Kier alpha value is -0.900. The maximum atomic E-state index is 11.8. The van der Waals surface area contributed by atoms with Gasteiger partial charge in [0.15, 0.2) is 0 Å². The molecule has 108 valence electrons. The summed E-state index contributed by atoms with van der Waals surface area (Å²) in [7, 11) is 0. The zero-order chi connectivity index (χ0) is 14.6. The molecular formula is C15H26N2OS. The molecule has 1 aromatic rings. The highest BCUT2D eigenvalue weighted by Gasteiger charge is 2.21. The lowest BCUT2D eigenvalue weighted by atomic mass is 9.90. The highest BCUT2D eigenvalue weighted by Crippen LogP contribution is 2.28. The molecule has 3 nitrogen and oxygen atoms in total. The Morgan fingerprint density at radius 1 is 1.21 bits per heavy atom. The van der Waals surface area contributed by atoms with E-state index in [1.165, 1.54) is 0 Å². The lowest BCUT2D eigenvalue weighted by Crippen LogP contribution is -2.31. The summed E-state index contributed by atoms with van der Waals surface area (Å²) in [5.41, 5.74) is 2.02. The molecule has 1 aromatic carbocycles. The maximum absolute atomic E-state index is 11.8. The third-order valence-electron chi connectivity index (χ3n) is 3.37.